The fraction of sp³-hybridized carbons (Fsp3) is 0.273. The molecule has 0 radical (unpaired) electrons. The highest BCUT2D eigenvalue weighted by molar-refractivity contribution is 7.89. The van der Waals surface area contributed by atoms with Gasteiger partial charge in [-0.05, 0) is 36.2 Å². The molecule has 0 N–H and O–H groups in total. The fourth-order valence-electron chi connectivity index (χ4n) is 4.77. The first-order chi connectivity index (χ1) is 13.4. The molecule has 28 heavy (non-hydrogen) atoms. The van der Waals surface area contributed by atoms with Crippen molar-refractivity contribution in [2.75, 3.05) is 12.7 Å². The molecule has 5 rings (SSSR count). The Bertz CT molecular complexity index is 1210. The average Bonchev–Trinajstić information content (AvgIpc) is 3.26. The van der Waals surface area contributed by atoms with E-state index in [2.05, 4.69) is 0 Å². The van der Waals surface area contributed by atoms with Crippen LogP contribution in [0, 0.1) is 6.92 Å². The SMILES string of the molecule is Cc1ccc(S(=O)(=O)N2CC3CC2CP3(=O)c2cccc3ccccc23)cc1. The van der Waals surface area contributed by atoms with Gasteiger partial charge in [0.1, 0.15) is 7.14 Å². The van der Waals surface area contributed by atoms with Crippen LogP contribution in [-0.4, -0.2) is 37.1 Å². The van der Waals surface area contributed by atoms with Gasteiger partial charge in [0.05, 0.1) is 4.90 Å². The molecule has 2 saturated heterocycles. The maximum Gasteiger partial charge on any atom is 0.243 e. The summed E-state index contributed by atoms with van der Waals surface area (Å²) in [5.74, 6) is 0. The highest BCUT2D eigenvalue weighted by Crippen LogP contribution is 2.62. The molecular formula is C22H22NO3PS. The normalized spacial score (nSPS) is 27.5. The number of hydrogen-bond acceptors (Lipinski definition) is 3. The molecule has 2 fully saturated rings. The van der Waals surface area contributed by atoms with Crippen LogP contribution < -0.4 is 5.30 Å². The lowest BCUT2D eigenvalue weighted by molar-refractivity contribution is 0.403. The number of hydrogen-bond donors (Lipinski definition) is 0. The second-order valence-corrected chi connectivity index (χ2v) is 13.0. The Balaban J connectivity index is 1.50. The molecule has 3 aromatic carbocycles. The highest BCUT2D eigenvalue weighted by atomic mass is 32.2. The Morgan fingerprint density at radius 2 is 1.68 bits per heavy atom. The highest BCUT2D eigenvalue weighted by Gasteiger charge is 2.56. The number of nitrogens with zero attached hydrogens (tertiary/aromatic N) is 1. The topological polar surface area (TPSA) is 54.5 Å². The van der Waals surface area contributed by atoms with E-state index in [1.165, 1.54) is 0 Å². The van der Waals surface area contributed by atoms with Gasteiger partial charge in [0.15, 0.2) is 0 Å². The van der Waals surface area contributed by atoms with Crippen molar-refractivity contribution in [1.82, 2.24) is 4.31 Å². The van der Waals surface area contributed by atoms with Gasteiger partial charge >= 0.3 is 0 Å². The molecule has 2 aliphatic heterocycles. The molecule has 3 aromatic rings. The van der Waals surface area contributed by atoms with E-state index in [0.29, 0.717) is 24.0 Å². The van der Waals surface area contributed by atoms with Crippen molar-refractivity contribution in [3.8, 4) is 0 Å². The maximum atomic E-state index is 14.1. The number of sulfonamides is 1. The monoisotopic (exact) mass is 411 g/mol. The summed E-state index contributed by atoms with van der Waals surface area (Å²) in [7, 11) is -6.19. The quantitative estimate of drug-likeness (QED) is 0.613. The third-order valence-corrected chi connectivity index (χ3v) is 11.9. The molecular weight excluding hydrogens is 389 g/mol. The molecule has 2 bridgehead atoms. The van der Waals surface area contributed by atoms with Crippen LogP contribution in [0.3, 0.4) is 0 Å². The molecule has 0 amide bonds. The molecule has 144 valence electrons. The van der Waals surface area contributed by atoms with Crippen LogP contribution in [0.1, 0.15) is 12.0 Å². The van der Waals surface area contributed by atoms with Crippen LogP contribution in [0.5, 0.6) is 0 Å². The molecule has 6 heteroatoms. The number of aryl methyl sites for hydroxylation is 1. The zero-order valence-electron chi connectivity index (χ0n) is 15.7. The van der Waals surface area contributed by atoms with E-state index in [0.717, 1.165) is 21.6 Å². The minimum Gasteiger partial charge on any atom is -0.318 e. The van der Waals surface area contributed by atoms with Gasteiger partial charge in [0, 0.05) is 29.7 Å². The van der Waals surface area contributed by atoms with E-state index < -0.39 is 17.2 Å². The molecule has 3 atom stereocenters. The van der Waals surface area contributed by atoms with Crippen LogP contribution in [0.4, 0.5) is 0 Å². The van der Waals surface area contributed by atoms with E-state index in [4.69, 9.17) is 0 Å². The van der Waals surface area contributed by atoms with Crippen molar-refractivity contribution in [2.45, 2.75) is 29.9 Å². The van der Waals surface area contributed by atoms with E-state index >= 15 is 0 Å². The number of fused-ring (bicyclic) bond motifs is 3. The van der Waals surface area contributed by atoms with E-state index in [9.17, 15) is 13.0 Å². The smallest absolute Gasteiger partial charge is 0.243 e. The standard InChI is InChI=1S/C22H22NO3PS/c1-16-9-11-20(12-10-16)28(25,26)23-14-19-13-18(23)15-27(19,24)22-8-4-6-17-5-2-3-7-21(17)22/h2-12,18-19H,13-15H2,1H3. The van der Waals surface area contributed by atoms with Crippen molar-refractivity contribution in [3.05, 3.63) is 72.3 Å². The maximum absolute atomic E-state index is 14.1. The van der Waals surface area contributed by atoms with Crippen molar-refractivity contribution in [2.24, 2.45) is 0 Å². The van der Waals surface area contributed by atoms with Crippen molar-refractivity contribution in [1.29, 1.82) is 0 Å². The van der Waals surface area contributed by atoms with Gasteiger partial charge < -0.3 is 4.57 Å². The summed E-state index contributed by atoms with van der Waals surface area (Å²) >= 11 is 0. The molecule has 0 aromatic heterocycles. The average molecular weight is 411 g/mol. The Morgan fingerprint density at radius 3 is 2.39 bits per heavy atom. The number of rotatable bonds is 3. The van der Waals surface area contributed by atoms with Gasteiger partial charge in [0.25, 0.3) is 0 Å². The predicted molar refractivity (Wildman–Crippen MR) is 113 cm³/mol. The van der Waals surface area contributed by atoms with Crippen LogP contribution in [0.2, 0.25) is 0 Å². The molecule has 0 aliphatic carbocycles. The van der Waals surface area contributed by atoms with E-state index in [-0.39, 0.29) is 11.7 Å². The summed E-state index contributed by atoms with van der Waals surface area (Å²) in [6.45, 7) is 2.29. The third kappa shape index (κ3) is 2.61. The zero-order valence-corrected chi connectivity index (χ0v) is 17.4. The van der Waals surface area contributed by atoms with Crippen molar-refractivity contribution in [3.63, 3.8) is 0 Å². The Labute approximate surface area is 165 Å². The molecule has 0 spiro atoms. The van der Waals surface area contributed by atoms with Gasteiger partial charge in [-0.2, -0.15) is 4.31 Å². The minimum atomic E-state index is -3.55. The van der Waals surface area contributed by atoms with Gasteiger partial charge in [-0.25, -0.2) is 8.42 Å². The summed E-state index contributed by atoms with van der Waals surface area (Å²) in [4.78, 5) is 0.325. The first-order valence-electron chi connectivity index (χ1n) is 9.55. The lowest BCUT2D eigenvalue weighted by Gasteiger charge is -2.31. The first-order valence-corrected chi connectivity index (χ1v) is 13.0. The molecule has 2 aliphatic rings. The van der Waals surface area contributed by atoms with Crippen LogP contribution in [-0.2, 0) is 14.6 Å². The minimum absolute atomic E-state index is 0.0940. The Morgan fingerprint density at radius 1 is 0.964 bits per heavy atom. The second-order valence-electron chi connectivity index (χ2n) is 7.91. The predicted octanol–water partition coefficient (Wildman–Crippen LogP) is 3.98. The summed E-state index contributed by atoms with van der Waals surface area (Å²) in [5.41, 5.74) is 0.936. The first kappa shape index (κ1) is 18.1. The van der Waals surface area contributed by atoms with Crippen LogP contribution in [0.15, 0.2) is 71.6 Å². The van der Waals surface area contributed by atoms with Crippen LogP contribution in [0.25, 0.3) is 10.8 Å². The van der Waals surface area contributed by atoms with Crippen LogP contribution >= 0.6 is 7.14 Å². The molecule has 3 unspecified atom stereocenters. The molecule has 2 heterocycles. The van der Waals surface area contributed by atoms with Gasteiger partial charge in [-0.3, -0.25) is 0 Å². The number of benzene rings is 3. The third-order valence-electron chi connectivity index (χ3n) is 6.22. The zero-order chi connectivity index (χ0) is 19.5. The summed E-state index contributed by atoms with van der Waals surface area (Å²) in [5, 5.41) is 3.04. The molecule has 0 saturated carbocycles. The second kappa shape index (κ2) is 6.28. The molecule has 4 nitrogen and oxygen atoms in total. The van der Waals surface area contributed by atoms with Gasteiger partial charge in [-0.15, -0.1) is 0 Å². The van der Waals surface area contributed by atoms with Crippen molar-refractivity contribution < 1.29 is 13.0 Å². The van der Waals surface area contributed by atoms with Crippen molar-refractivity contribution >= 4 is 33.2 Å². The summed E-state index contributed by atoms with van der Waals surface area (Å²) < 4.78 is 41.9. The van der Waals surface area contributed by atoms with E-state index in [1.807, 2.05) is 61.5 Å². The van der Waals surface area contributed by atoms with Gasteiger partial charge in [0.2, 0.25) is 10.0 Å². The lowest BCUT2D eigenvalue weighted by Crippen LogP contribution is -2.41. The summed E-state index contributed by atoms with van der Waals surface area (Å²) in [6.07, 6.45) is 1.13. The van der Waals surface area contributed by atoms with Gasteiger partial charge in [-0.1, -0.05) is 60.2 Å². The summed E-state index contributed by atoms with van der Waals surface area (Å²) in [6, 6.07) is 20.8. The fourth-order valence-corrected chi connectivity index (χ4v) is 10.5. The Kier molecular flexibility index (Phi) is 4.06. The van der Waals surface area contributed by atoms with E-state index in [1.54, 1.807) is 16.4 Å². The lowest BCUT2D eigenvalue weighted by atomic mass is 10.1. The largest absolute Gasteiger partial charge is 0.318 e. The Hall–Kier alpha value is -1.94.